The fourth-order valence-electron chi connectivity index (χ4n) is 1.54. The van der Waals surface area contributed by atoms with Crippen molar-refractivity contribution in [2.24, 2.45) is 11.5 Å². The van der Waals surface area contributed by atoms with E-state index < -0.39 is 11.7 Å². The Hall–Kier alpha value is -1.14. The number of likely N-dealkylation sites (N-methyl/N-ethyl adjacent to an activating group) is 1. The third-order valence-electron chi connectivity index (χ3n) is 2.43. The first-order chi connectivity index (χ1) is 8.01. The van der Waals surface area contributed by atoms with E-state index in [1.54, 1.807) is 17.0 Å². The van der Waals surface area contributed by atoms with Gasteiger partial charge in [-0.25, -0.2) is 4.39 Å². The number of amides is 1. The number of hydrogen-bond acceptors (Lipinski definition) is 3. The Morgan fingerprint density at radius 3 is 2.65 bits per heavy atom. The van der Waals surface area contributed by atoms with E-state index in [0.717, 1.165) is 0 Å². The van der Waals surface area contributed by atoms with Crippen LogP contribution in [0, 0.1) is 5.82 Å². The number of hydrogen-bond donors (Lipinski definition) is 2. The zero-order valence-corrected chi connectivity index (χ0v) is 11.1. The lowest BCUT2D eigenvalue weighted by molar-refractivity contribution is -0.116. The quantitative estimate of drug-likeness (QED) is 0.862. The second-order valence-corrected chi connectivity index (χ2v) is 4.35. The van der Waals surface area contributed by atoms with Gasteiger partial charge in [0.25, 0.3) is 0 Å². The standard InChI is InChI=1S/C11H15BrFN3O/c1-2-16(6-9(15)17)8-4-3-7(5-14)10(12)11(8)13/h3-4H,2,5-6,14H2,1H3,(H2,15,17). The number of primary amides is 1. The maximum Gasteiger partial charge on any atom is 0.236 e. The van der Waals surface area contributed by atoms with Crippen molar-refractivity contribution >= 4 is 27.5 Å². The van der Waals surface area contributed by atoms with Crippen LogP contribution < -0.4 is 16.4 Å². The minimum atomic E-state index is -0.495. The molecule has 94 valence electrons. The van der Waals surface area contributed by atoms with Crippen molar-refractivity contribution in [2.45, 2.75) is 13.5 Å². The molecule has 0 unspecified atom stereocenters. The Labute approximate surface area is 108 Å². The summed E-state index contributed by atoms with van der Waals surface area (Å²) in [4.78, 5) is 12.5. The van der Waals surface area contributed by atoms with Crippen molar-refractivity contribution in [3.05, 3.63) is 28.0 Å². The van der Waals surface area contributed by atoms with Crippen LogP contribution in [0.2, 0.25) is 0 Å². The van der Waals surface area contributed by atoms with Gasteiger partial charge in [-0.3, -0.25) is 4.79 Å². The van der Waals surface area contributed by atoms with Gasteiger partial charge in [0, 0.05) is 13.1 Å². The number of anilines is 1. The van der Waals surface area contributed by atoms with E-state index in [-0.39, 0.29) is 13.1 Å². The first-order valence-electron chi connectivity index (χ1n) is 5.21. The van der Waals surface area contributed by atoms with Crippen molar-refractivity contribution in [3.8, 4) is 0 Å². The summed E-state index contributed by atoms with van der Waals surface area (Å²) in [7, 11) is 0. The van der Waals surface area contributed by atoms with Crippen LogP contribution in [0.15, 0.2) is 16.6 Å². The molecule has 6 heteroatoms. The minimum absolute atomic E-state index is 0.0121. The third-order valence-corrected chi connectivity index (χ3v) is 3.29. The smallest absolute Gasteiger partial charge is 0.236 e. The van der Waals surface area contributed by atoms with Crippen LogP contribution in [0.4, 0.5) is 10.1 Å². The van der Waals surface area contributed by atoms with Gasteiger partial charge >= 0.3 is 0 Å². The average molecular weight is 304 g/mol. The molecule has 0 bridgehead atoms. The highest BCUT2D eigenvalue weighted by Crippen LogP contribution is 2.29. The Morgan fingerprint density at radius 1 is 1.53 bits per heavy atom. The first-order valence-corrected chi connectivity index (χ1v) is 6.00. The fraction of sp³-hybridized carbons (Fsp3) is 0.364. The van der Waals surface area contributed by atoms with E-state index in [1.807, 2.05) is 6.92 Å². The molecule has 0 atom stereocenters. The van der Waals surface area contributed by atoms with Crippen LogP contribution in [0.3, 0.4) is 0 Å². The molecule has 0 fully saturated rings. The monoisotopic (exact) mass is 303 g/mol. The zero-order valence-electron chi connectivity index (χ0n) is 9.54. The van der Waals surface area contributed by atoms with Crippen molar-refractivity contribution in [2.75, 3.05) is 18.0 Å². The van der Waals surface area contributed by atoms with E-state index in [4.69, 9.17) is 11.5 Å². The zero-order chi connectivity index (χ0) is 13.0. The molecule has 1 aromatic rings. The molecule has 0 saturated heterocycles. The van der Waals surface area contributed by atoms with Gasteiger partial charge in [-0.2, -0.15) is 0 Å². The summed E-state index contributed by atoms with van der Waals surface area (Å²) in [6, 6.07) is 3.33. The highest BCUT2D eigenvalue weighted by molar-refractivity contribution is 9.10. The van der Waals surface area contributed by atoms with Gasteiger partial charge in [0.2, 0.25) is 5.91 Å². The highest BCUT2D eigenvalue weighted by Gasteiger charge is 2.16. The van der Waals surface area contributed by atoms with Crippen LogP contribution >= 0.6 is 15.9 Å². The molecular weight excluding hydrogens is 289 g/mol. The SMILES string of the molecule is CCN(CC(N)=O)c1ccc(CN)c(Br)c1F. The summed E-state index contributed by atoms with van der Waals surface area (Å²) in [5, 5.41) is 0. The Balaban J connectivity index is 3.12. The largest absolute Gasteiger partial charge is 0.368 e. The summed E-state index contributed by atoms with van der Waals surface area (Å²) in [6.45, 7) is 2.56. The van der Waals surface area contributed by atoms with Crippen molar-refractivity contribution in [3.63, 3.8) is 0 Å². The Kier molecular flexibility index (Phi) is 4.89. The van der Waals surface area contributed by atoms with E-state index in [0.29, 0.717) is 22.3 Å². The van der Waals surface area contributed by atoms with Crippen LogP contribution in [-0.2, 0) is 11.3 Å². The molecule has 0 saturated carbocycles. The summed E-state index contributed by atoms with van der Waals surface area (Å²) in [6.07, 6.45) is 0. The summed E-state index contributed by atoms with van der Waals surface area (Å²) in [5.74, 6) is -0.915. The third kappa shape index (κ3) is 3.17. The molecule has 0 aliphatic carbocycles. The number of benzene rings is 1. The number of halogens is 2. The molecule has 4 N–H and O–H groups in total. The molecule has 0 aliphatic rings. The van der Waals surface area contributed by atoms with Gasteiger partial charge in [0.05, 0.1) is 16.7 Å². The number of nitrogens with zero attached hydrogens (tertiary/aromatic N) is 1. The normalized spacial score (nSPS) is 10.4. The molecule has 0 radical (unpaired) electrons. The second kappa shape index (κ2) is 5.97. The Morgan fingerprint density at radius 2 is 2.18 bits per heavy atom. The molecule has 1 rings (SSSR count). The maximum atomic E-state index is 14.0. The predicted octanol–water partition coefficient (Wildman–Crippen LogP) is 1.36. The topological polar surface area (TPSA) is 72.3 Å². The summed E-state index contributed by atoms with van der Waals surface area (Å²) in [5.41, 5.74) is 11.6. The lowest BCUT2D eigenvalue weighted by atomic mass is 10.2. The first kappa shape index (κ1) is 13.9. The Bertz CT molecular complexity index is 425. The lowest BCUT2D eigenvalue weighted by Crippen LogP contribution is -2.34. The average Bonchev–Trinajstić information content (AvgIpc) is 2.29. The molecule has 0 heterocycles. The van der Waals surface area contributed by atoms with E-state index in [2.05, 4.69) is 15.9 Å². The minimum Gasteiger partial charge on any atom is -0.368 e. The molecule has 0 spiro atoms. The number of rotatable bonds is 5. The second-order valence-electron chi connectivity index (χ2n) is 3.56. The fourth-order valence-corrected chi connectivity index (χ4v) is 2.03. The van der Waals surface area contributed by atoms with E-state index in [1.165, 1.54) is 0 Å². The van der Waals surface area contributed by atoms with Crippen molar-refractivity contribution in [1.29, 1.82) is 0 Å². The maximum absolute atomic E-state index is 14.0. The molecular formula is C11H15BrFN3O. The van der Waals surface area contributed by atoms with Crippen LogP contribution in [0.5, 0.6) is 0 Å². The molecule has 0 aliphatic heterocycles. The van der Waals surface area contributed by atoms with Gasteiger partial charge in [0.1, 0.15) is 0 Å². The van der Waals surface area contributed by atoms with Gasteiger partial charge < -0.3 is 16.4 Å². The van der Waals surface area contributed by atoms with Gasteiger partial charge in [-0.05, 0) is 34.5 Å². The predicted molar refractivity (Wildman–Crippen MR) is 69.1 cm³/mol. The van der Waals surface area contributed by atoms with Crippen molar-refractivity contribution < 1.29 is 9.18 Å². The lowest BCUT2D eigenvalue weighted by Gasteiger charge is -2.22. The van der Waals surface area contributed by atoms with Gasteiger partial charge in [-0.15, -0.1) is 0 Å². The van der Waals surface area contributed by atoms with E-state index >= 15 is 0 Å². The molecule has 0 aromatic heterocycles. The summed E-state index contributed by atoms with van der Waals surface area (Å²) < 4.78 is 14.4. The van der Waals surface area contributed by atoms with Crippen molar-refractivity contribution in [1.82, 2.24) is 0 Å². The van der Waals surface area contributed by atoms with Crippen LogP contribution in [0.1, 0.15) is 12.5 Å². The molecule has 1 aromatic carbocycles. The van der Waals surface area contributed by atoms with Gasteiger partial charge in [-0.1, -0.05) is 6.07 Å². The number of carbonyl (C=O) groups excluding carboxylic acids is 1. The molecule has 4 nitrogen and oxygen atoms in total. The summed E-state index contributed by atoms with van der Waals surface area (Å²) >= 11 is 3.16. The molecule has 17 heavy (non-hydrogen) atoms. The molecule has 1 amide bonds. The number of carbonyl (C=O) groups is 1. The van der Waals surface area contributed by atoms with Crippen LogP contribution in [0.25, 0.3) is 0 Å². The van der Waals surface area contributed by atoms with E-state index in [9.17, 15) is 9.18 Å². The van der Waals surface area contributed by atoms with Crippen LogP contribution in [-0.4, -0.2) is 19.0 Å². The number of nitrogens with two attached hydrogens (primary N) is 2. The highest BCUT2D eigenvalue weighted by atomic mass is 79.9. The van der Waals surface area contributed by atoms with Gasteiger partial charge in [0.15, 0.2) is 5.82 Å².